The Bertz CT molecular complexity index is 1330. The third kappa shape index (κ3) is 7.08. The summed E-state index contributed by atoms with van der Waals surface area (Å²) in [4.78, 5) is 31.5. The maximum atomic E-state index is 12.7. The highest BCUT2D eigenvalue weighted by atomic mass is 16.5. The van der Waals surface area contributed by atoms with Crippen molar-refractivity contribution in [2.24, 2.45) is 0 Å². The minimum atomic E-state index is -0.305. The van der Waals surface area contributed by atoms with E-state index in [1.165, 1.54) is 0 Å². The van der Waals surface area contributed by atoms with E-state index in [1.54, 1.807) is 35.2 Å². The van der Waals surface area contributed by atoms with Gasteiger partial charge in [0.25, 0.3) is 0 Å². The maximum Gasteiger partial charge on any atom is 0.330 e. The zero-order valence-electron chi connectivity index (χ0n) is 21.1. The molecule has 37 heavy (non-hydrogen) atoms. The van der Waals surface area contributed by atoms with E-state index >= 15 is 0 Å². The van der Waals surface area contributed by atoms with Crippen LogP contribution in [-0.4, -0.2) is 52.7 Å². The average Bonchev–Trinajstić information content (AvgIpc) is 3.33. The molecule has 0 saturated heterocycles. The third-order valence-corrected chi connectivity index (χ3v) is 5.95. The van der Waals surface area contributed by atoms with E-state index in [0.717, 1.165) is 42.6 Å². The Morgan fingerprint density at radius 2 is 1.73 bits per heavy atom. The second kappa shape index (κ2) is 12.5. The van der Waals surface area contributed by atoms with Gasteiger partial charge in [-0.15, -0.1) is 0 Å². The number of anilines is 2. The van der Waals surface area contributed by atoms with Crippen LogP contribution in [0.2, 0.25) is 0 Å². The lowest BCUT2D eigenvalue weighted by atomic mass is 10.2. The molecule has 3 amide bonds. The van der Waals surface area contributed by atoms with E-state index in [2.05, 4.69) is 39.7 Å². The van der Waals surface area contributed by atoms with Crippen LogP contribution in [0.25, 0.3) is 10.9 Å². The average molecular weight is 501 g/mol. The van der Waals surface area contributed by atoms with Gasteiger partial charge in [0, 0.05) is 36.1 Å². The molecule has 0 atom stereocenters. The van der Waals surface area contributed by atoms with Gasteiger partial charge in [-0.2, -0.15) is 0 Å². The number of rotatable bonds is 10. The number of aromatic nitrogens is 2. The monoisotopic (exact) mass is 500 g/mol. The lowest BCUT2D eigenvalue weighted by Crippen LogP contribution is -2.32. The van der Waals surface area contributed by atoms with Crippen LogP contribution in [0.3, 0.4) is 0 Å². The van der Waals surface area contributed by atoms with Crippen molar-refractivity contribution in [2.75, 3.05) is 36.8 Å². The lowest BCUT2D eigenvalue weighted by molar-refractivity contribution is 0.250. The van der Waals surface area contributed by atoms with Gasteiger partial charge in [0.15, 0.2) is 0 Å². The number of para-hydroxylation sites is 1. The molecular formula is C28H32N6O3. The van der Waals surface area contributed by atoms with Crippen molar-refractivity contribution in [1.29, 1.82) is 0 Å². The normalized spacial score (nSPS) is 10.9. The minimum Gasteiger partial charge on any atom is -0.457 e. The van der Waals surface area contributed by atoms with Gasteiger partial charge in [0.05, 0.1) is 5.52 Å². The molecule has 192 valence electrons. The summed E-state index contributed by atoms with van der Waals surface area (Å²) in [6.07, 6.45) is 4.18. The topological polar surface area (TPSA) is 101 Å². The maximum absolute atomic E-state index is 12.7. The van der Waals surface area contributed by atoms with Gasteiger partial charge in [-0.3, -0.25) is 9.88 Å². The van der Waals surface area contributed by atoms with Crippen LogP contribution in [-0.2, 0) is 0 Å². The second-order valence-corrected chi connectivity index (χ2v) is 8.44. The molecule has 3 N–H and O–H groups in total. The summed E-state index contributed by atoms with van der Waals surface area (Å²) >= 11 is 0. The predicted octanol–water partition coefficient (Wildman–Crippen LogP) is 5.76. The van der Waals surface area contributed by atoms with E-state index < -0.39 is 0 Å². The van der Waals surface area contributed by atoms with E-state index in [-0.39, 0.29) is 12.1 Å². The fourth-order valence-electron chi connectivity index (χ4n) is 3.95. The molecule has 0 aliphatic carbocycles. The number of nitrogens with zero attached hydrogens (tertiary/aromatic N) is 3. The molecule has 0 saturated carbocycles. The molecule has 0 unspecified atom stereocenters. The van der Waals surface area contributed by atoms with Crippen molar-refractivity contribution >= 4 is 34.5 Å². The van der Waals surface area contributed by atoms with Crippen molar-refractivity contribution in [1.82, 2.24) is 19.8 Å². The molecule has 0 aliphatic rings. The molecule has 0 aliphatic heterocycles. The number of pyridine rings is 1. The number of ether oxygens (including phenoxy) is 1. The zero-order chi connectivity index (χ0) is 26.0. The SMILES string of the molecule is CCN(CC)CCCNC(=O)Nc1cc(Oc2ccc3c(ccn3C(=O)Nc3ccccc3)c2)ccn1. The van der Waals surface area contributed by atoms with Gasteiger partial charge >= 0.3 is 12.1 Å². The quantitative estimate of drug-likeness (QED) is 0.240. The number of nitrogens with one attached hydrogen (secondary N) is 3. The Morgan fingerprint density at radius 3 is 2.51 bits per heavy atom. The zero-order valence-corrected chi connectivity index (χ0v) is 21.1. The van der Waals surface area contributed by atoms with E-state index in [9.17, 15) is 9.59 Å². The molecule has 0 radical (unpaired) electrons. The molecule has 2 aromatic heterocycles. The number of fused-ring (bicyclic) bond motifs is 1. The van der Waals surface area contributed by atoms with Crippen molar-refractivity contribution in [3.63, 3.8) is 0 Å². The third-order valence-electron chi connectivity index (χ3n) is 5.95. The highest BCUT2D eigenvalue weighted by Gasteiger charge is 2.11. The number of hydrogen-bond acceptors (Lipinski definition) is 5. The van der Waals surface area contributed by atoms with Gasteiger partial charge < -0.3 is 20.3 Å². The Balaban J connectivity index is 1.34. The second-order valence-electron chi connectivity index (χ2n) is 8.44. The molecular weight excluding hydrogens is 468 g/mol. The van der Waals surface area contributed by atoms with Crippen molar-refractivity contribution in [3.8, 4) is 11.5 Å². The number of urea groups is 1. The molecule has 2 heterocycles. The van der Waals surface area contributed by atoms with Gasteiger partial charge in [0.2, 0.25) is 0 Å². The Labute approximate surface area is 216 Å². The van der Waals surface area contributed by atoms with Gasteiger partial charge in [-0.25, -0.2) is 14.6 Å². The summed E-state index contributed by atoms with van der Waals surface area (Å²) in [7, 11) is 0. The molecule has 4 rings (SSSR count). The molecule has 0 fully saturated rings. The molecule has 9 nitrogen and oxygen atoms in total. The number of amides is 3. The van der Waals surface area contributed by atoms with Crippen LogP contribution in [0.15, 0.2) is 79.1 Å². The van der Waals surface area contributed by atoms with Crippen LogP contribution in [0.4, 0.5) is 21.1 Å². The first kappa shape index (κ1) is 25.7. The summed E-state index contributed by atoms with van der Waals surface area (Å²) in [5.74, 6) is 1.53. The molecule has 2 aromatic carbocycles. The molecule has 0 spiro atoms. The van der Waals surface area contributed by atoms with Crippen molar-refractivity contribution in [2.45, 2.75) is 20.3 Å². The summed E-state index contributed by atoms with van der Waals surface area (Å²) in [6, 6.07) is 19.5. The summed E-state index contributed by atoms with van der Waals surface area (Å²) in [6.45, 7) is 7.79. The minimum absolute atomic E-state index is 0.244. The molecule has 4 aromatic rings. The first-order valence-electron chi connectivity index (χ1n) is 12.4. The summed E-state index contributed by atoms with van der Waals surface area (Å²) < 4.78 is 7.55. The van der Waals surface area contributed by atoms with Gasteiger partial charge in [0.1, 0.15) is 17.3 Å². The summed E-state index contributed by atoms with van der Waals surface area (Å²) in [5.41, 5.74) is 1.49. The first-order valence-corrected chi connectivity index (χ1v) is 12.4. The fraction of sp³-hybridized carbons (Fsp3) is 0.250. The predicted molar refractivity (Wildman–Crippen MR) is 147 cm³/mol. The first-order chi connectivity index (χ1) is 18.1. The Morgan fingerprint density at radius 1 is 0.946 bits per heavy atom. The Hall–Kier alpha value is -4.37. The van der Waals surface area contributed by atoms with Crippen LogP contribution in [0.1, 0.15) is 20.3 Å². The highest BCUT2D eigenvalue weighted by Crippen LogP contribution is 2.27. The van der Waals surface area contributed by atoms with Gasteiger partial charge in [-0.05, 0) is 68.5 Å². The summed E-state index contributed by atoms with van der Waals surface area (Å²) in [5, 5.41) is 9.35. The lowest BCUT2D eigenvalue weighted by Gasteiger charge is -2.17. The van der Waals surface area contributed by atoms with Crippen LogP contribution < -0.4 is 20.7 Å². The number of carbonyl (C=O) groups excluding carboxylic acids is 2. The largest absolute Gasteiger partial charge is 0.457 e. The smallest absolute Gasteiger partial charge is 0.330 e. The highest BCUT2D eigenvalue weighted by molar-refractivity contribution is 5.98. The number of benzene rings is 2. The van der Waals surface area contributed by atoms with Crippen LogP contribution >= 0.6 is 0 Å². The number of hydrogen-bond donors (Lipinski definition) is 3. The Kier molecular flexibility index (Phi) is 8.72. The molecule has 0 bridgehead atoms. The van der Waals surface area contributed by atoms with E-state index in [1.807, 2.05) is 48.5 Å². The fourth-order valence-corrected chi connectivity index (χ4v) is 3.95. The van der Waals surface area contributed by atoms with E-state index in [0.29, 0.717) is 23.9 Å². The van der Waals surface area contributed by atoms with Crippen molar-refractivity contribution < 1.29 is 14.3 Å². The molecule has 9 heteroatoms. The van der Waals surface area contributed by atoms with Gasteiger partial charge in [-0.1, -0.05) is 32.0 Å². The van der Waals surface area contributed by atoms with Crippen LogP contribution in [0, 0.1) is 0 Å². The van der Waals surface area contributed by atoms with Crippen molar-refractivity contribution in [3.05, 3.63) is 79.1 Å². The number of carbonyl (C=O) groups is 2. The van der Waals surface area contributed by atoms with E-state index in [4.69, 9.17) is 4.74 Å². The van der Waals surface area contributed by atoms with Crippen LogP contribution in [0.5, 0.6) is 11.5 Å². The standard InChI is InChI=1S/C28H32N6O3/c1-3-33(4-2)17-8-15-30-27(35)32-26-20-24(13-16-29-26)37-23-11-12-25-21(19-23)14-18-34(25)28(36)31-22-9-6-5-7-10-22/h5-7,9-14,16,18-20H,3-4,8,15,17H2,1-2H3,(H,31,36)(H2,29,30,32,35).